The first-order valence-electron chi connectivity index (χ1n) is 6.72. The van der Waals surface area contributed by atoms with E-state index in [1.165, 1.54) is 0 Å². The highest BCUT2D eigenvalue weighted by atomic mass is 16.2. The summed E-state index contributed by atoms with van der Waals surface area (Å²) >= 11 is 0. The zero-order chi connectivity index (χ0) is 15.2. The molecule has 0 heterocycles. The van der Waals surface area contributed by atoms with E-state index in [0.29, 0.717) is 24.1 Å². The normalized spacial score (nSPS) is 9.90. The molecule has 0 aromatic heterocycles. The average Bonchev–Trinajstić information content (AvgIpc) is 2.53. The monoisotopic (exact) mass is 279 g/mol. The summed E-state index contributed by atoms with van der Waals surface area (Å²) in [6.45, 7) is 0. The summed E-state index contributed by atoms with van der Waals surface area (Å²) in [4.78, 5) is 13.8. The van der Waals surface area contributed by atoms with Gasteiger partial charge in [0.2, 0.25) is 5.91 Å². The van der Waals surface area contributed by atoms with Crippen LogP contribution < -0.4 is 10.6 Å². The Bertz CT molecular complexity index is 688. The second-order valence-corrected chi connectivity index (χ2v) is 4.81. The second-order valence-electron chi connectivity index (χ2n) is 4.81. The van der Waals surface area contributed by atoms with Gasteiger partial charge in [0.1, 0.15) is 0 Å². The van der Waals surface area contributed by atoms with E-state index < -0.39 is 0 Å². The number of anilines is 2. The van der Waals surface area contributed by atoms with Crippen LogP contribution in [0.25, 0.3) is 0 Å². The molecule has 1 amide bonds. The first-order chi connectivity index (χ1) is 10.1. The number of nitriles is 1. The van der Waals surface area contributed by atoms with Crippen molar-refractivity contribution in [1.82, 2.24) is 0 Å². The topological polar surface area (TPSA) is 70.1 Å². The molecule has 0 saturated heterocycles. The molecule has 2 N–H and O–H groups in total. The van der Waals surface area contributed by atoms with Crippen molar-refractivity contribution < 1.29 is 4.79 Å². The number of nitrogens with two attached hydrogens (primary N) is 1. The Morgan fingerprint density at radius 2 is 2.00 bits per heavy atom. The number of hydrogen-bond acceptors (Lipinski definition) is 3. The van der Waals surface area contributed by atoms with Crippen LogP contribution in [0.2, 0.25) is 0 Å². The quantitative estimate of drug-likeness (QED) is 0.875. The molecule has 2 aromatic rings. The second kappa shape index (κ2) is 6.58. The van der Waals surface area contributed by atoms with Crippen molar-refractivity contribution in [3.8, 4) is 6.07 Å². The van der Waals surface area contributed by atoms with Crippen LogP contribution in [0, 0.1) is 11.3 Å². The van der Waals surface area contributed by atoms with E-state index in [0.717, 1.165) is 11.3 Å². The van der Waals surface area contributed by atoms with Crippen molar-refractivity contribution >= 4 is 17.3 Å². The summed E-state index contributed by atoms with van der Waals surface area (Å²) in [5.41, 5.74) is 8.82. The highest BCUT2D eigenvalue weighted by Gasteiger charge is 2.12. The smallest absolute Gasteiger partial charge is 0.227 e. The molecule has 4 heteroatoms. The highest BCUT2D eigenvalue weighted by molar-refractivity contribution is 5.93. The lowest BCUT2D eigenvalue weighted by Crippen LogP contribution is -2.26. The van der Waals surface area contributed by atoms with Gasteiger partial charge in [-0.15, -0.1) is 0 Å². The van der Waals surface area contributed by atoms with Gasteiger partial charge in [0.05, 0.1) is 11.6 Å². The Labute approximate surface area is 124 Å². The maximum atomic E-state index is 12.2. The SMILES string of the molecule is CN(C(=O)CCc1ccccc1N)c1cccc(C#N)c1. The van der Waals surface area contributed by atoms with Gasteiger partial charge in [0, 0.05) is 24.8 Å². The Hall–Kier alpha value is -2.80. The third kappa shape index (κ3) is 3.61. The number of aryl methyl sites for hydroxylation is 1. The molecular formula is C17H17N3O. The number of nitrogen functional groups attached to an aromatic ring is 1. The summed E-state index contributed by atoms with van der Waals surface area (Å²) in [7, 11) is 1.72. The van der Waals surface area contributed by atoms with Crippen LogP contribution in [-0.4, -0.2) is 13.0 Å². The maximum absolute atomic E-state index is 12.2. The van der Waals surface area contributed by atoms with Gasteiger partial charge in [-0.05, 0) is 36.2 Å². The molecule has 0 fully saturated rings. The predicted octanol–water partition coefficient (Wildman–Crippen LogP) is 2.74. The van der Waals surface area contributed by atoms with E-state index in [-0.39, 0.29) is 5.91 Å². The molecule has 0 aliphatic heterocycles. The van der Waals surface area contributed by atoms with Crippen molar-refractivity contribution in [1.29, 1.82) is 5.26 Å². The fourth-order valence-electron chi connectivity index (χ4n) is 2.10. The van der Waals surface area contributed by atoms with Crippen molar-refractivity contribution in [2.75, 3.05) is 17.7 Å². The van der Waals surface area contributed by atoms with Crippen LogP contribution in [-0.2, 0) is 11.2 Å². The average molecular weight is 279 g/mol. The molecule has 0 aliphatic rings. The van der Waals surface area contributed by atoms with Crippen LogP contribution in [0.5, 0.6) is 0 Å². The molecule has 0 unspecified atom stereocenters. The minimum absolute atomic E-state index is 0.00616. The van der Waals surface area contributed by atoms with Gasteiger partial charge in [-0.3, -0.25) is 4.79 Å². The van der Waals surface area contributed by atoms with Gasteiger partial charge >= 0.3 is 0 Å². The Morgan fingerprint density at radius 1 is 1.24 bits per heavy atom. The molecule has 0 bridgehead atoms. The molecule has 0 saturated carbocycles. The summed E-state index contributed by atoms with van der Waals surface area (Å²) in [5.74, 6) is -0.00616. The minimum atomic E-state index is -0.00616. The van der Waals surface area contributed by atoms with Gasteiger partial charge in [0.25, 0.3) is 0 Å². The first-order valence-corrected chi connectivity index (χ1v) is 6.72. The number of nitrogens with zero attached hydrogens (tertiary/aromatic N) is 2. The van der Waals surface area contributed by atoms with Crippen LogP contribution in [0.4, 0.5) is 11.4 Å². The van der Waals surface area contributed by atoms with Gasteiger partial charge in [-0.25, -0.2) is 0 Å². The lowest BCUT2D eigenvalue weighted by Gasteiger charge is -2.17. The molecule has 0 atom stereocenters. The maximum Gasteiger partial charge on any atom is 0.227 e. The summed E-state index contributed by atoms with van der Waals surface area (Å²) in [6.07, 6.45) is 0.981. The molecule has 4 nitrogen and oxygen atoms in total. The number of carbonyl (C=O) groups is 1. The molecular weight excluding hydrogens is 262 g/mol. The van der Waals surface area contributed by atoms with Gasteiger partial charge in [-0.2, -0.15) is 5.26 Å². The summed E-state index contributed by atoms with van der Waals surface area (Å²) in [5, 5.41) is 8.90. The van der Waals surface area contributed by atoms with Crippen LogP contribution in [0.3, 0.4) is 0 Å². The standard InChI is InChI=1S/C17H17N3O/c1-20(15-7-4-5-13(11-15)12-18)17(21)10-9-14-6-2-3-8-16(14)19/h2-8,11H,9-10,19H2,1H3. The number of para-hydroxylation sites is 1. The lowest BCUT2D eigenvalue weighted by atomic mass is 10.1. The summed E-state index contributed by atoms with van der Waals surface area (Å²) < 4.78 is 0. The number of amides is 1. The third-order valence-electron chi connectivity index (χ3n) is 3.40. The molecule has 2 rings (SSSR count). The van der Waals surface area contributed by atoms with E-state index in [1.807, 2.05) is 30.3 Å². The zero-order valence-corrected chi connectivity index (χ0v) is 11.9. The molecule has 106 valence electrons. The van der Waals surface area contributed by atoms with E-state index in [4.69, 9.17) is 11.0 Å². The number of carbonyl (C=O) groups excluding carboxylic acids is 1. The third-order valence-corrected chi connectivity index (χ3v) is 3.40. The molecule has 2 aromatic carbocycles. The minimum Gasteiger partial charge on any atom is -0.399 e. The first kappa shape index (κ1) is 14.6. The fourth-order valence-corrected chi connectivity index (χ4v) is 2.10. The Kier molecular flexibility index (Phi) is 4.57. The molecule has 0 aliphatic carbocycles. The van der Waals surface area contributed by atoms with E-state index >= 15 is 0 Å². The van der Waals surface area contributed by atoms with Crippen molar-refractivity contribution in [2.45, 2.75) is 12.8 Å². The Balaban J connectivity index is 2.03. The van der Waals surface area contributed by atoms with Crippen molar-refractivity contribution in [2.24, 2.45) is 0 Å². The molecule has 21 heavy (non-hydrogen) atoms. The van der Waals surface area contributed by atoms with Crippen LogP contribution in [0.15, 0.2) is 48.5 Å². The number of hydrogen-bond donors (Lipinski definition) is 1. The van der Waals surface area contributed by atoms with Crippen LogP contribution >= 0.6 is 0 Å². The predicted molar refractivity (Wildman–Crippen MR) is 83.7 cm³/mol. The lowest BCUT2D eigenvalue weighted by molar-refractivity contribution is -0.118. The van der Waals surface area contributed by atoms with Gasteiger partial charge in [-0.1, -0.05) is 24.3 Å². The number of rotatable bonds is 4. The fraction of sp³-hybridized carbons (Fsp3) is 0.176. The highest BCUT2D eigenvalue weighted by Crippen LogP contribution is 2.17. The zero-order valence-electron chi connectivity index (χ0n) is 11.9. The van der Waals surface area contributed by atoms with Gasteiger partial charge in [0.15, 0.2) is 0 Å². The molecule has 0 spiro atoms. The van der Waals surface area contributed by atoms with Crippen molar-refractivity contribution in [3.05, 3.63) is 59.7 Å². The van der Waals surface area contributed by atoms with E-state index in [2.05, 4.69) is 6.07 Å². The Morgan fingerprint density at radius 3 is 2.71 bits per heavy atom. The van der Waals surface area contributed by atoms with Crippen LogP contribution in [0.1, 0.15) is 17.5 Å². The van der Waals surface area contributed by atoms with Crippen molar-refractivity contribution in [3.63, 3.8) is 0 Å². The van der Waals surface area contributed by atoms with Gasteiger partial charge < -0.3 is 10.6 Å². The molecule has 0 radical (unpaired) electrons. The van der Waals surface area contributed by atoms with E-state index in [1.54, 1.807) is 30.1 Å². The largest absolute Gasteiger partial charge is 0.399 e. The van der Waals surface area contributed by atoms with E-state index in [9.17, 15) is 4.79 Å². The number of benzene rings is 2. The summed E-state index contributed by atoms with van der Waals surface area (Å²) in [6, 6.07) is 16.6.